The molecular weight excluding hydrogens is 472 g/mol. The molecule has 8 heteroatoms. The highest BCUT2D eigenvalue weighted by atomic mass is 16.5. The molecule has 3 heterocycles. The molecule has 37 heavy (non-hydrogen) atoms. The van der Waals surface area contributed by atoms with E-state index in [1.165, 1.54) is 5.57 Å². The lowest BCUT2D eigenvalue weighted by atomic mass is 9.78. The van der Waals surface area contributed by atoms with Gasteiger partial charge in [0, 0.05) is 56.3 Å². The first-order chi connectivity index (χ1) is 17.9. The Morgan fingerprint density at radius 2 is 1.68 bits per heavy atom. The average molecular weight is 511 g/mol. The van der Waals surface area contributed by atoms with E-state index in [0.29, 0.717) is 37.3 Å². The molecule has 5 rings (SSSR count). The van der Waals surface area contributed by atoms with E-state index in [4.69, 9.17) is 9.47 Å². The zero-order valence-electron chi connectivity index (χ0n) is 21.9. The molecule has 200 valence electrons. The molecule has 1 aromatic carbocycles. The summed E-state index contributed by atoms with van der Waals surface area (Å²) >= 11 is 0. The maximum Gasteiger partial charge on any atom is 0.338 e. The van der Waals surface area contributed by atoms with Crippen molar-refractivity contribution in [2.24, 2.45) is 5.92 Å². The van der Waals surface area contributed by atoms with Crippen LogP contribution in [-0.2, 0) is 27.3 Å². The smallest absolute Gasteiger partial charge is 0.338 e. The molecule has 3 unspecified atom stereocenters. The Labute approximate surface area is 218 Å². The van der Waals surface area contributed by atoms with Gasteiger partial charge in [-0.1, -0.05) is 38.0 Å². The SMILES string of the molecule is CCCC1=C2COC(=O)C2=CCC1C(O)CN1CCN(CC(O)c2ccc3c(c2CC)COC3=O)CC1. The third kappa shape index (κ3) is 5.12. The van der Waals surface area contributed by atoms with Gasteiger partial charge in [-0.25, -0.2) is 9.59 Å². The van der Waals surface area contributed by atoms with Crippen LogP contribution in [0.3, 0.4) is 0 Å². The van der Waals surface area contributed by atoms with Crippen molar-refractivity contribution in [1.82, 2.24) is 9.80 Å². The minimum Gasteiger partial charge on any atom is -0.457 e. The maximum absolute atomic E-state index is 12.0. The zero-order valence-corrected chi connectivity index (χ0v) is 21.9. The fraction of sp³-hybridized carbons (Fsp3) is 0.586. The van der Waals surface area contributed by atoms with E-state index in [-0.39, 0.29) is 24.5 Å². The van der Waals surface area contributed by atoms with Crippen molar-refractivity contribution in [2.45, 2.75) is 58.3 Å². The van der Waals surface area contributed by atoms with Crippen LogP contribution in [0.5, 0.6) is 0 Å². The van der Waals surface area contributed by atoms with Crippen LogP contribution < -0.4 is 0 Å². The van der Waals surface area contributed by atoms with Gasteiger partial charge >= 0.3 is 11.9 Å². The molecular formula is C29H38N2O6. The van der Waals surface area contributed by atoms with Crippen molar-refractivity contribution < 1.29 is 29.3 Å². The first kappa shape index (κ1) is 26.1. The number of piperazine rings is 1. The van der Waals surface area contributed by atoms with Crippen molar-refractivity contribution in [2.75, 3.05) is 45.9 Å². The maximum atomic E-state index is 12.0. The van der Waals surface area contributed by atoms with Gasteiger partial charge in [0.05, 0.1) is 23.3 Å². The molecule has 2 N–H and O–H groups in total. The van der Waals surface area contributed by atoms with E-state index < -0.39 is 12.2 Å². The number of fused-ring (bicyclic) bond motifs is 2. The Hall–Kier alpha value is -2.52. The second-order valence-corrected chi connectivity index (χ2v) is 10.6. The molecule has 1 aromatic rings. The summed E-state index contributed by atoms with van der Waals surface area (Å²) in [5.41, 5.74) is 6.32. The number of nitrogens with zero attached hydrogens (tertiary/aromatic N) is 2. The van der Waals surface area contributed by atoms with Crippen LogP contribution in [0.15, 0.2) is 34.9 Å². The van der Waals surface area contributed by atoms with Crippen molar-refractivity contribution in [3.05, 3.63) is 57.2 Å². The molecule has 3 aliphatic heterocycles. The molecule has 3 atom stereocenters. The van der Waals surface area contributed by atoms with Gasteiger partial charge in [-0.3, -0.25) is 9.80 Å². The fourth-order valence-corrected chi connectivity index (χ4v) is 6.40. The van der Waals surface area contributed by atoms with E-state index in [9.17, 15) is 19.8 Å². The van der Waals surface area contributed by atoms with Crippen LogP contribution in [-0.4, -0.2) is 83.9 Å². The number of ether oxygens (including phenoxy) is 2. The fourth-order valence-electron chi connectivity index (χ4n) is 6.40. The normalized spacial score (nSPS) is 23.9. The van der Waals surface area contributed by atoms with Gasteiger partial charge in [0.25, 0.3) is 0 Å². The topological polar surface area (TPSA) is 99.5 Å². The molecule has 2 fully saturated rings. The summed E-state index contributed by atoms with van der Waals surface area (Å²) in [5.74, 6) is -0.490. The van der Waals surface area contributed by atoms with E-state index in [1.807, 2.05) is 19.1 Å². The van der Waals surface area contributed by atoms with Gasteiger partial charge < -0.3 is 19.7 Å². The Morgan fingerprint density at radius 1 is 0.973 bits per heavy atom. The monoisotopic (exact) mass is 510 g/mol. The molecule has 4 aliphatic rings. The number of hydrogen-bond acceptors (Lipinski definition) is 8. The summed E-state index contributed by atoms with van der Waals surface area (Å²) in [6, 6.07) is 3.65. The predicted molar refractivity (Wildman–Crippen MR) is 138 cm³/mol. The first-order valence-electron chi connectivity index (χ1n) is 13.6. The zero-order chi connectivity index (χ0) is 26.1. The molecule has 0 saturated carbocycles. The Morgan fingerprint density at radius 3 is 2.38 bits per heavy atom. The van der Waals surface area contributed by atoms with Crippen LogP contribution in [0, 0.1) is 5.92 Å². The minimum atomic E-state index is -0.629. The van der Waals surface area contributed by atoms with Crippen molar-refractivity contribution in [1.29, 1.82) is 0 Å². The number of esters is 2. The Balaban J connectivity index is 1.16. The second-order valence-electron chi connectivity index (χ2n) is 10.6. The molecule has 0 amide bonds. The first-order valence-corrected chi connectivity index (χ1v) is 13.6. The van der Waals surface area contributed by atoms with Crippen molar-refractivity contribution >= 4 is 11.9 Å². The number of hydrogen-bond donors (Lipinski definition) is 2. The summed E-state index contributed by atoms with van der Waals surface area (Å²) < 4.78 is 10.5. The number of rotatable bonds is 9. The Bertz CT molecular complexity index is 1120. The highest BCUT2D eigenvalue weighted by Crippen LogP contribution is 2.38. The van der Waals surface area contributed by atoms with Crippen LogP contribution >= 0.6 is 0 Å². The Kier molecular flexibility index (Phi) is 7.81. The molecule has 2 saturated heterocycles. The van der Waals surface area contributed by atoms with Crippen LogP contribution in [0.4, 0.5) is 0 Å². The number of aliphatic hydroxyl groups is 2. The lowest BCUT2D eigenvalue weighted by Gasteiger charge is -2.38. The number of aliphatic hydroxyl groups excluding tert-OH is 2. The third-order valence-corrected chi connectivity index (χ3v) is 8.38. The summed E-state index contributed by atoms with van der Waals surface area (Å²) in [6.45, 7) is 9.20. The lowest BCUT2D eigenvalue weighted by molar-refractivity contribution is -0.135. The molecule has 0 spiro atoms. The quantitative estimate of drug-likeness (QED) is 0.489. The van der Waals surface area contributed by atoms with E-state index >= 15 is 0 Å². The summed E-state index contributed by atoms with van der Waals surface area (Å²) in [4.78, 5) is 28.5. The van der Waals surface area contributed by atoms with E-state index in [2.05, 4.69) is 16.7 Å². The van der Waals surface area contributed by atoms with Crippen LogP contribution in [0.25, 0.3) is 0 Å². The number of carbonyl (C=O) groups excluding carboxylic acids is 2. The third-order valence-electron chi connectivity index (χ3n) is 8.38. The van der Waals surface area contributed by atoms with Crippen LogP contribution in [0.2, 0.25) is 0 Å². The molecule has 0 bridgehead atoms. The predicted octanol–water partition coefficient (Wildman–Crippen LogP) is 2.53. The largest absolute Gasteiger partial charge is 0.457 e. The van der Waals surface area contributed by atoms with Gasteiger partial charge in [0.15, 0.2) is 0 Å². The van der Waals surface area contributed by atoms with Gasteiger partial charge in [0.1, 0.15) is 13.2 Å². The lowest BCUT2D eigenvalue weighted by Crippen LogP contribution is -2.50. The van der Waals surface area contributed by atoms with E-state index in [0.717, 1.165) is 67.7 Å². The average Bonchev–Trinajstić information content (AvgIpc) is 3.47. The van der Waals surface area contributed by atoms with Gasteiger partial charge in [-0.15, -0.1) is 0 Å². The van der Waals surface area contributed by atoms with Crippen molar-refractivity contribution in [3.8, 4) is 0 Å². The highest BCUT2D eigenvalue weighted by molar-refractivity contribution is 5.97. The van der Waals surface area contributed by atoms with Crippen molar-refractivity contribution in [3.63, 3.8) is 0 Å². The van der Waals surface area contributed by atoms with Gasteiger partial charge in [0.2, 0.25) is 0 Å². The molecule has 0 radical (unpaired) electrons. The number of cyclic esters (lactones) is 2. The standard InChI is InChI=1S/C29H38N2O6/c1-3-5-19-21(7-9-23-25(19)17-37-29(23)35)27(33)15-31-12-10-30(11-13-31)14-26(32)20-6-8-22-24(18(20)4-2)16-36-28(22)34/h6,8-9,21,26-27,32-33H,3-5,7,10-17H2,1-2H3. The molecule has 0 aromatic heterocycles. The number of benzene rings is 1. The van der Waals surface area contributed by atoms with Crippen LogP contribution in [0.1, 0.15) is 66.3 Å². The summed E-state index contributed by atoms with van der Waals surface area (Å²) in [5, 5.41) is 22.3. The molecule has 1 aliphatic carbocycles. The molecule has 8 nitrogen and oxygen atoms in total. The number of carbonyl (C=O) groups is 2. The minimum absolute atomic E-state index is 0.0242. The highest BCUT2D eigenvalue weighted by Gasteiger charge is 2.36. The number of β-amino-alcohol motifs (C(OH)–C–C–N with tert-alkyl or cyclic N) is 2. The summed E-state index contributed by atoms with van der Waals surface area (Å²) in [6.07, 6.45) is 4.08. The van der Waals surface area contributed by atoms with Gasteiger partial charge in [-0.2, -0.15) is 0 Å². The van der Waals surface area contributed by atoms with E-state index in [1.54, 1.807) is 6.07 Å². The second kappa shape index (κ2) is 11.1. The van der Waals surface area contributed by atoms with Gasteiger partial charge in [-0.05, 0) is 36.5 Å². The number of allylic oxidation sites excluding steroid dienone is 1. The summed E-state index contributed by atoms with van der Waals surface area (Å²) in [7, 11) is 0.